The smallest absolute Gasteiger partial charge is 0.272 e. The topological polar surface area (TPSA) is 96.5 Å². The number of benzene rings is 3. The van der Waals surface area contributed by atoms with Crippen molar-refractivity contribution in [3.63, 3.8) is 0 Å². The van der Waals surface area contributed by atoms with Crippen molar-refractivity contribution in [3.8, 4) is 11.3 Å². The molecule has 0 amide bonds. The van der Waals surface area contributed by atoms with Gasteiger partial charge >= 0.3 is 0 Å². The van der Waals surface area contributed by atoms with Gasteiger partial charge in [-0.1, -0.05) is 60.7 Å². The third-order valence-electron chi connectivity index (χ3n) is 4.81. The Kier molecular flexibility index (Phi) is 4.18. The number of hydrogen-bond donors (Lipinski definition) is 2. The number of hydrogen-bond acceptors (Lipinski definition) is 6. The summed E-state index contributed by atoms with van der Waals surface area (Å²) < 4.78 is 0. The third kappa shape index (κ3) is 3.19. The summed E-state index contributed by atoms with van der Waals surface area (Å²) in [7, 11) is 0. The summed E-state index contributed by atoms with van der Waals surface area (Å²) in [5, 5.41) is 21.7. The van der Waals surface area contributed by atoms with Gasteiger partial charge in [-0.15, -0.1) is 5.10 Å². The molecular formula is C22H16N6O. The van der Waals surface area contributed by atoms with Gasteiger partial charge in [0.1, 0.15) is 0 Å². The van der Waals surface area contributed by atoms with Crippen LogP contribution in [0.4, 0.5) is 5.95 Å². The van der Waals surface area contributed by atoms with Crippen LogP contribution in [0.15, 0.2) is 77.7 Å². The second-order valence-electron chi connectivity index (χ2n) is 6.59. The Hall–Kier alpha value is -4.13. The van der Waals surface area contributed by atoms with Crippen molar-refractivity contribution in [2.45, 2.75) is 6.54 Å². The van der Waals surface area contributed by atoms with Crippen LogP contribution in [0.1, 0.15) is 5.69 Å². The zero-order valence-electron chi connectivity index (χ0n) is 15.3. The van der Waals surface area contributed by atoms with Crippen LogP contribution in [0.25, 0.3) is 32.8 Å². The van der Waals surface area contributed by atoms with Crippen LogP contribution in [-0.4, -0.2) is 25.4 Å². The molecule has 2 aromatic heterocycles. The number of aromatic amines is 1. The standard InChI is InChI=1S/C22H16N6O/c29-21-18-10-4-3-9-17(18)20(26-27-21)12-23-22-25-19(13-24-28-22)16-11-5-7-14-6-1-2-8-15(14)16/h1-11,13H,12H2,(H,27,29)(H,23,25,28). The van der Waals surface area contributed by atoms with E-state index in [0.717, 1.165) is 27.4 Å². The number of rotatable bonds is 4. The lowest BCUT2D eigenvalue weighted by atomic mass is 10.0. The summed E-state index contributed by atoms with van der Waals surface area (Å²) in [5.74, 6) is 0.396. The van der Waals surface area contributed by atoms with Crippen LogP contribution < -0.4 is 10.9 Å². The number of anilines is 1. The molecule has 0 radical (unpaired) electrons. The van der Waals surface area contributed by atoms with Gasteiger partial charge in [0.25, 0.3) is 5.56 Å². The van der Waals surface area contributed by atoms with Crippen LogP contribution in [0.5, 0.6) is 0 Å². The number of H-pyrrole nitrogens is 1. The molecule has 0 saturated heterocycles. The lowest BCUT2D eigenvalue weighted by molar-refractivity contribution is 0.897. The van der Waals surface area contributed by atoms with Crippen molar-refractivity contribution in [1.29, 1.82) is 0 Å². The van der Waals surface area contributed by atoms with E-state index in [9.17, 15) is 4.79 Å². The lowest BCUT2D eigenvalue weighted by Gasteiger charge is -2.09. The van der Waals surface area contributed by atoms with Crippen LogP contribution in [0.3, 0.4) is 0 Å². The Morgan fingerprint density at radius 1 is 0.862 bits per heavy atom. The van der Waals surface area contributed by atoms with Crippen LogP contribution >= 0.6 is 0 Å². The fourth-order valence-corrected chi connectivity index (χ4v) is 3.43. The van der Waals surface area contributed by atoms with Crippen molar-refractivity contribution in [2.24, 2.45) is 0 Å². The molecule has 0 aliphatic carbocycles. The van der Waals surface area contributed by atoms with Crippen LogP contribution in [-0.2, 0) is 6.54 Å². The normalized spacial score (nSPS) is 11.0. The van der Waals surface area contributed by atoms with Gasteiger partial charge in [-0.25, -0.2) is 10.1 Å². The van der Waals surface area contributed by atoms with E-state index in [1.165, 1.54) is 0 Å². The van der Waals surface area contributed by atoms with E-state index < -0.39 is 0 Å². The van der Waals surface area contributed by atoms with Gasteiger partial charge in [-0.05, 0) is 16.8 Å². The summed E-state index contributed by atoms with van der Waals surface area (Å²) in [6.45, 7) is 0.359. The minimum absolute atomic E-state index is 0.208. The second-order valence-corrected chi connectivity index (χ2v) is 6.59. The monoisotopic (exact) mass is 380 g/mol. The highest BCUT2D eigenvalue weighted by molar-refractivity contribution is 5.95. The van der Waals surface area contributed by atoms with Crippen molar-refractivity contribution in [3.05, 3.63) is 89.0 Å². The molecule has 0 fully saturated rings. The highest BCUT2D eigenvalue weighted by Crippen LogP contribution is 2.27. The first-order valence-corrected chi connectivity index (χ1v) is 9.17. The van der Waals surface area contributed by atoms with Crippen molar-refractivity contribution < 1.29 is 0 Å². The Bertz CT molecular complexity index is 1390. The Balaban J connectivity index is 1.47. The first-order valence-electron chi connectivity index (χ1n) is 9.17. The van der Waals surface area contributed by atoms with Gasteiger partial charge in [0.15, 0.2) is 0 Å². The Labute approximate surface area is 165 Å². The minimum atomic E-state index is -0.208. The molecule has 0 bridgehead atoms. The lowest BCUT2D eigenvalue weighted by Crippen LogP contribution is -2.14. The molecule has 2 heterocycles. The van der Waals surface area contributed by atoms with E-state index in [4.69, 9.17) is 0 Å². The van der Waals surface area contributed by atoms with E-state index in [1.54, 1.807) is 12.3 Å². The van der Waals surface area contributed by atoms with E-state index in [-0.39, 0.29) is 5.56 Å². The quantitative estimate of drug-likeness (QED) is 0.495. The average molecular weight is 380 g/mol. The maximum absolute atomic E-state index is 11.9. The molecule has 3 aromatic carbocycles. The first kappa shape index (κ1) is 17.0. The predicted molar refractivity (Wildman–Crippen MR) is 112 cm³/mol. The van der Waals surface area contributed by atoms with Gasteiger partial charge < -0.3 is 5.32 Å². The molecular weight excluding hydrogens is 364 g/mol. The molecule has 29 heavy (non-hydrogen) atoms. The molecule has 2 N–H and O–H groups in total. The molecule has 5 aromatic rings. The Morgan fingerprint density at radius 3 is 2.52 bits per heavy atom. The van der Waals surface area contributed by atoms with Crippen LogP contribution in [0, 0.1) is 0 Å². The molecule has 0 aliphatic heterocycles. The highest BCUT2D eigenvalue weighted by Gasteiger charge is 2.09. The van der Waals surface area contributed by atoms with Gasteiger partial charge in [0.2, 0.25) is 5.95 Å². The van der Waals surface area contributed by atoms with Gasteiger partial charge in [0, 0.05) is 10.9 Å². The minimum Gasteiger partial charge on any atom is -0.347 e. The second kappa shape index (κ2) is 7.12. The molecule has 0 aliphatic rings. The van der Waals surface area contributed by atoms with Crippen molar-refractivity contribution >= 4 is 27.5 Å². The van der Waals surface area contributed by atoms with Crippen molar-refractivity contribution in [2.75, 3.05) is 5.32 Å². The van der Waals surface area contributed by atoms with E-state index in [2.05, 4.69) is 48.9 Å². The molecule has 0 spiro atoms. The van der Waals surface area contributed by atoms with E-state index >= 15 is 0 Å². The summed E-state index contributed by atoms with van der Waals surface area (Å²) in [6.07, 6.45) is 1.65. The first-order chi connectivity index (χ1) is 14.3. The maximum atomic E-state index is 11.9. The molecule has 7 nitrogen and oxygen atoms in total. The molecule has 7 heteroatoms. The molecule has 0 saturated carbocycles. The summed E-state index contributed by atoms with van der Waals surface area (Å²) in [5.41, 5.74) is 2.23. The third-order valence-corrected chi connectivity index (χ3v) is 4.81. The van der Waals surface area contributed by atoms with Gasteiger partial charge in [-0.3, -0.25) is 4.79 Å². The molecule has 0 atom stereocenters. The molecule has 140 valence electrons. The fraction of sp³-hybridized carbons (Fsp3) is 0.0455. The number of nitrogens with one attached hydrogen (secondary N) is 2. The SMILES string of the molecule is O=c1[nH]nc(CNc2nncc(-c3cccc4ccccc34)n2)c2ccccc12. The highest BCUT2D eigenvalue weighted by atomic mass is 16.1. The predicted octanol–water partition coefficient (Wildman–Crippen LogP) is 3.54. The number of nitrogens with zero attached hydrogens (tertiary/aromatic N) is 4. The van der Waals surface area contributed by atoms with Crippen molar-refractivity contribution in [1.82, 2.24) is 25.4 Å². The molecule has 0 unspecified atom stereocenters. The number of aromatic nitrogens is 5. The summed E-state index contributed by atoms with van der Waals surface area (Å²) in [4.78, 5) is 16.6. The largest absolute Gasteiger partial charge is 0.347 e. The molecule has 5 rings (SSSR count). The fourth-order valence-electron chi connectivity index (χ4n) is 3.43. The summed E-state index contributed by atoms with van der Waals surface area (Å²) in [6, 6.07) is 21.6. The van der Waals surface area contributed by atoms with Crippen LogP contribution in [0.2, 0.25) is 0 Å². The van der Waals surface area contributed by atoms with E-state index in [1.807, 2.05) is 42.5 Å². The zero-order chi connectivity index (χ0) is 19.6. The van der Waals surface area contributed by atoms with Gasteiger partial charge in [-0.2, -0.15) is 10.2 Å². The average Bonchev–Trinajstić information content (AvgIpc) is 2.79. The summed E-state index contributed by atoms with van der Waals surface area (Å²) >= 11 is 0. The van der Waals surface area contributed by atoms with E-state index in [0.29, 0.717) is 23.6 Å². The number of fused-ring (bicyclic) bond motifs is 2. The zero-order valence-corrected chi connectivity index (χ0v) is 15.3. The van der Waals surface area contributed by atoms with Gasteiger partial charge in [0.05, 0.1) is 29.5 Å². The Morgan fingerprint density at radius 2 is 1.62 bits per heavy atom. The maximum Gasteiger partial charge on any atom is 0.272 e.